The van der Waals surface area contributed by atoms with Crippen LogP contribution in [0, 0.1) is 0 Å². The summed E-state index contributed by atoms with van der Waals surface area (Å²) in [6.07, 6.45) is 4.58. The maximum atomic E-state index is 11.7. The minimum Gasteiger partial charge on any atom is -0.496 e. The SMILES string of the molecule is COc1cc(-c2nccc(-c3cccc(-c4ccc(CNC[C@@H]5CCC(=O)N5)c(OC)n4)c3Cl)c2Cl)ccc1CN1CCC[C@H]1C(=O)O. The van der Waals surface area contributed by atoms with Crippen molar-refractivity contribution >= 4 is 35.1 Å². The van der Waals surface area contributed by atoms with Crippen LogP contribution in [0.1, 0.15) is 36.8 Å². The first-order valence-electron chi connectivity index (χ1n) is 15.9. The summed E-state index contributed by atoms with van der Waals surface area (Å²) in [5.41, 5.74) is 5.93. The van der Waals surface area contributed by atoms with Crippen LogP contribution in [0.2, 0.25) is 10.0 Å². The number of nitrogens with zero attached hydrogens (tertiary/aromatic N) is 3. The van der Waals surface area contributed by atoms with E-state index in [1.807, 2.05) is 59.5 Å². The van der Waals surface area contributed by atoms with Crippen molar-refractivity contribution in [3.05, 3.63) is 82.0 Å². The van der Waals surface area contributed by atoms with Gasteiger partial charge in [-0.05, 0) is 44.0 Å². The highest BCUT2D eigenvalue weighted by atomic mass is 35.5. The van der Waals surface area contributed by atoms with Crippen LogP contribution in [0.15, 0.2) is 60.8 Å². The van der Waals surface area contributed by atoms with Crippen LogP contribution in [-0.4, -0.2) is 71.2 Å². The molecule has 3 N–H and O–H groups in total. The Hall–Kier alpha value is -4.22. The molecule has 4 aromatic rings. The lowest BCUT2D eigenvalue weighted by molar-refractivity contribution is -0.142. The highest BCUT2D eigenvalue weighted by Crippen LogP contribution is 2.42. The van der Waals surface area contributed by atoms with Gasteiger partial charge < -0.3 is 25.2 Å². The summed E-state index contributed by atoms with van der Waals surface area (Å²) in [4.78, 5) is 34.5. The van der Waals surface area contributed by atoms with Gasteiger partial charge in [-0.25, -0.2) is 4.98 Å². The van der Waals surface area contributed by atoms with Crippen molar-refractivity contribution in [2.45, 2.75) is 50.9 Å². The monoisotopic (exact) mass is 689 g/mol. The van der Waals surface area contributed by atoms with Crippen LogP contribution in [0.5, 0.6) is 11.6 Å². The van der Waals surface area contributed by atoms with Crippen molar-refractivity contribution < 1.29 is 24.2 Å². The minimum absolute atomic E-state index is 0.0922. The fraction of sp³-hybridized carbons (Fsp3) is 0.333. The second-order valence-electron chi connectivity index (χ2n) is 12.0. The molecule has 250 valence electrons. The molecular weight excluding hydrogens is 653 g/mol. The van der Waals surface area contributed by atoms with E-state index in [1.54, 1.807) is 20.4 Å². The van der Waals surface area contributed by atoms with Gasteiger partial charge in [-0.3, -0.25) is 19.5 Å². The van der Waals surface area contributed by atoms with E-state index in [2.05, 4.69) is 15.6 Å². The predicted molar refractivity (Wildman–Crippen MR) is 185 cm³/mol. The van der Waals surface area contributed by atoms with E-state index in [4.69, 9.17) is 37.7 Å². The van der Waals surface area contributed by atoms with Gasteiger partial charge in [0.15, 0.2) is 0 Å². The molecule has 2 atom stereocenters. The summed E-state index contributed by atoms with van der Waals surface area (Å²) in [5.74, 6) is 0.415. The van der Waals surface area contributed by atoms with Gasteiger partial charge in [0, 0.05) is 71.7 Å². The fourth-order valence-corrected chi connectivity index (χ4v) is 7.12. The topological polar surface area (TPSA) is 126 Å². The molecule has 0 unspecified atom stereocenters. The predicted octanol–water partition coefficient (Wildman–Crippen LogP) is 6.22. The first-order chi connectivity index (χ1) is 23.3. The van der Waals surface area contributed by atoms with Gasteiger partial charge in [0.2, 0.25) is 11.8 Å². The number of amides is 1. The Morgan fingerprint density at radius 2 is 1.81 bits per heavy atom. The van der Waals surface area contributed by atoms with E-state index in [9.17, 15) is 14.7 Å². The average molecular weight is 691 g/mol. The van der Waals surface area contributed by atoms with Gasteiger partial charge in [-0.1, -0.05) is 59.6 Å². The number of carbonyl (C=O) groups is 2. The Morgan fingerprint density at radius 3 is 2.56 bits per heavy atom. The fourth-order valence-electron chi connectivity index (χ4n) is 6.47. The van der Waals surface area contributed by atoms with E-state index < -0.39 is 12.0 Å². The lowest BCUT2D eigenvalue weighted by Crippen LogP contribution is -2.35. The molecule has 0 aliphatic carbocycles. The molecular formula is C36H37Cl2N5O5. The quantitative estimate of drug-likeness (QED) is 0.159. The zero-order chi connectivity index (χ0) is 33.8. The first kappa shape index (κ1) is 33.7. The summed E-state index contributed by atoms with van der Waals surface area (Å²) in [6.45, 7) is 2.41. The lowest BCUT2D eigenvalue weighted by atomic mass is 9.99. The number of carboxylic acids is 1. The van der Waals surface area contributed by atoms with Crippen LogP contribution < -0.4 is 20.1 Å². The second kappa shape index (κ2) is 14.9. The molecule has 2 saturated heterocycles. The standard InChI is InChI=1S/C36H37Cl2N5O5/c1-47-30-17-21(8-9-23(30)20-43-16-4-7-29(43)36(45)46)34-33(38)26(14-15-40-34)25-5-3-6-27(32(25)37)28-12-10-22(35(42-28)48-2)18-39-19-24-11-13-31(44)41-24/h3,5-6,8-10,12,14-15,17,24,29,39H,4,7,11,13,16,18-20H2,1-2H3,(H,41,44)(H,45,46)/t24-,29-/m0/s1. The van der Waals surface area contributed by atoms with Gasteiger partial charge in [0.25, 0.3) is 0 Å². The number of benzene rings is 2. The molecule has 2 aliphatic rings. The second-order valence-corrected chi connectivity index (χ2v) is 12.7. The van der Waals surface area contributed by atoms with Crippen LogP contribution in [0.4, 0.5) is 0 Å². The minimum atomic E-state index is -0.800. The number of ether oxygens (including phenoxy) is 2. The average Bonchev–Trinajstić information content (AvgIpc) is 3.74. The Kier molecular flexibility index (Phi) is 10.5. The number of likely N-dealkylation sites (tertiary alicyclic amines) is 1. The van der Waals surface area contributed by atoms with Gasteiger partial charge in [0.05, 0.1) is 35.7 Å². The molecule has 48 heavy (non-hydrogen) atoms. The zero-order valence-corrected chi connectivity index (χ0v) is 28.3. The number of pyridine rings is 2. The molecule has 4 heterocycles. The number of hydrogen-bond acceptors (Lipinski definition) is 8. The molecule has 6 rings (SSSR count). The maximum Gasteiger partial charge on any atom is 0.320 e. The van der Waals surface area contributed by atoms with E-state index in [0.717, 1.165) is 47.2 Å². The van der Waals surface area contributed by atoms with Crippen molar-refractivity contribution in [3.63, 3.8) is 0 Å². The van der Waals surface area contributed by atoms with Crippen molar-refractivity contribution in [2.75, 3.05) is 27.3 Å². The number of hydrogen-bond donors (Lipinski definition) is 3. The van der Waals surface area contributed by atoms with Crippen LogP contribution in [0.3, 0.4) is 0 Å². The van der Waals surface area contributed by atoms with Crippen LogP contribution in [0.25, 0.3) is 33.6 Å². The van der Waals surface area contributed by atoms with Crippen molar-refractivity contribution in [1.29, 1.82) is 0 Å². The van der Waals surface area contributed by atoms with E-state index in [-0.39, 0.29) is 11.9 Å². The van der Waals surface area contributed by atoms with Gasteiger partial charge in [-0.15, -0.1) is 0 Å². The number of aromatic nitrogens is 2. The normalized spacial score (nSPS) is 17.8. The van der Waals surface area contributed by atoms with E-state index in [1.165, 1.54) is 0 Å². The maximum absolute atomic E-state index is 11.7. The summed E-state index contributed by atoms with van der Waals surface area (Å²) in [5, 5.41) is 16.9. The molecule has 2 aromatic heterocycles. The summed E-state index contributed by atoms with van der Waals surface area (Å²) >= 11 is 14.1. The number of carboxylic acid groups (broad SMARTS) is 1. The number of nitrogens with one attached hydrogen (secondary N) is 2. The lowest BCUT2D eigenvalue weighted by Gasteiger charge is -2.22. The molecule has 10 nitrogen and oxygen atoms in total. The molecule has 0 saturated carbocycles. The molecule has 0 spiro atoms. The smallest absolute Gasteiger partial charge is 0.320 e. The molecule has 12 heteroatoms. The molecule has 2 aliphatic heterocycles. The van der Waals surface area contributed by atoms with Gasteiger partial charge in [-0.2, -0.15) is 0 Å². The van der Waals surface area contributed by atoms with Crippen LogP contribution in [-0.2, 0) is 22.7 Å². The largest absolute Gasteiger partial charge is 0.496 e. The number of halogens is 2. The Balaban J connectivity index is 1.24. The summed E-state index contributed by atoms with van der Waals surface area (Å²) in [7, 11) is 3.19. The number of rotatable bonds is 12. The molecule has 2 aromatic carbocycles. The molecule has 2 fully saturated rings. The Morgan fingerprint density at radius 1 is 1.02 bits per heavy atom. The van der Waals surface area contributed by atoms with Crippen molar-refractivity contribution in [3.8, 4) is 45.3 Å². The third-order valence-corrected chi connectivity index (χ3v) is 9.75. The number of methoxy groups -OCH3 is 2. The number of carbonyl (C=O) groups excluding carboxylic acids is 1. The summed E-state index contributed by atoms with van der Waals surface area (Å²) < 4.78 is 11.4. The van der Waals surface area contributed by atoms with Gasteiger partial charge >= 0.3 is 5.97 Å². The number of aliphatic carboxylic acids is 1. The van der Waals surface area contributed by atoms with Gasteiger partial charge in [0.1, 0.15) is 11.8 Å². The molecule has 1 amide bonds. The molecule has 0 radical (unpaired) electrons. The third-order valence-electron chi connectivity index (χ3n) is 8.96. The van der Waals surface area contributed by atoms with Crippen molar-refractivity contribution in [1.82, 2.24) is 25.5 Å². The Bertz CT molecular complexity index is 1840. The highest BCUT2D eigenvalue weighted by molar-refractivity contribution is 6.39. The van der Waals surface area contributed by atoms with E-state index >= 15 is 0 Å². The summed E-state index contributed by atoms with van der Waals surface area (Å²) in [6, 6.07) is 16.8. The third kappa shape index (κ3) is 7.12. The zero-order valence-electron chi connectivity index (χ0n) is 26.8. The molecule has 0 bridgehead atoms. The highest BCUT2D eigenvalue weighted by Gasteiger charge is 2.31. The van der Waals surface area contributed by atoms with Crippen molar-refractivity contribution in [2.24, 2.45) is 0 Å². The Labute approximate surface area is 289 Å². The van der Waals surface area contributed by atoms with E-state index in [0.29, 0.717) is 71.1 Å². The van der Waals surface area contributed by atoms with Crippen LogP contribution >= 0.6 is 23.2 Å². The first-order valence-corrected chi connectivity index (χ1v) is 16.6.